The molecule has 0 saturated heterocycles. The Morgan fingerprint density at radius 3 is 2.55 bits per heavy atom. The Morgan fingerprint density at radius 2 is 1.95 bits per heavy atom. The van der Waals surface area contributed by atoms with E-state index in [1.807, 2.05) is 25.1 Å². The van der Waals surface area contributed by atoms with Gasteiger partial charge in [-0.1, -0.05) is 18.2 Å². The Bertz CT molecular complexity index is 429. The van der Waals surface area contributed by atoms with Gasteiger partial charge in [-0.05, 0) is 46.2 Å². The molecule has 20 heavy (non-hydrogen) atoms. The zero-order valence-corrected chi connectivity index (χ0v) is 13.2. The maximum absolute atomic E-state index is 5.92. The van der Waals surface area contributed by atoms with Crippen LogP contribution < -0.4 is 15.4 Å². The summed E-state index contributed by atoms with van der Waals surface area (Å²) in [5.74, 6) is 1.76. The number of nitrogens with zero attached hydrogens (tertiary/aromatic N) is 1. The summed E-state index contributed by atoms with van der Waals surface area (Å²) in [4.78, 5) is 4.55. The van der Waals surface area contributed by atoms with Crippen LogP contribution in [0.4, 0.5) is 0 Å². The number of benzene rings is 1. The van der Waals surface area contributed by atoms with Crippen LogP contribution in [0.1, 0.15) is 33.3 Å². The molecule has 4 heteroatoms. The standard InChI is InChI=1S/C16H27N3O/c1-6-17-16(19-12(2)3)18-11-14(5)20-15-10-8-7-9-13(15)4/h7-10,12,14H,6,11H2,1-5H3,(H2,17,18,19). The first-order valence-corrected chi connectivity index (χ1v) is 7.30. The van der Waals surface area contributed by atoms with Gasteiger partial charge in [0.2, 0.25) is 0 Å². The smallest absolute Gasteiger partial charge is 0.191 e. The number of para-hydroxylation sites is 1. The van der Waals surface area contributed by atoms with E-state index in [2.05, 4.69) is 49.4 Å². The van der Waals surface area contributed by atoms with E-state index < -0.39 is 0 Å². The predicted molar refractivity (Wildman–Crippen MR) is 85.5 cm³/mol. The first kappa shape index (κ1) is 16.3. The van der Waals surface area contributed by atoms with Crippen molar-refractivity contribution in [2.45, 2.75) is 46.8 Å². The van der Waals surface area contributed by atoms with Gasteiger partial charge < -0.3 is 15.4 Å². The second-order valence-electron chi connectivity index (χ2n) is 5.21. The quantitative estimate of drug-likeness (QED) is 0.621. The van der Waals surface area contributed by atoms with E-state index in [0.717, 1.165) is 23.8 Å². The summed E-state index contributed by atoms with van der Waals surface area (Å²) in [6.07, 6.45) is 0.0405. The van der Waals surface area contributed by atoms with Crippen LogP contribution in [0.2, 0.25) is 0 Å². The van der Waals surface area contributed by atoms with Crippen molar-refractivity contribution in [2.24, 2.45) is 4.99 Å². The van der Waals surface area contributed by atoms with Gasteiger partial charge in [-0.2, -0.15) is 0 Å². The number of hydrogen-bond donors (Lipinski definition) is 2. The molecule has 1 atom stereocenters. The van der Waals surface area contributed by atoms with Crippen LogP contribution in [0.3, 0.4) is 0 Å². The van der Waals surface area contributed by atoms with Crippen LogP contribution >= 0.6 is 0 Å². The van der Waals surface area contributed by atoms with Crippen molar-refractivity contribution in [1.82, 2.24) is 10.6 Å². The van der Waals surface area contributed by atoms with Crippen molar-refractivity contribution >= 4 is 5.96 Å². The normalized spacial score (nSPS) is 13.2. The number of guanidine groups is 1. The average Bonchev–Trinajstić information content (AvgIpc) is 2.38. The first-order valence-electron chi connectivity index (χ1n) is 7.30. The molecular formula is C16H27N3O. The Balaban J connectivity index is 2.55. The molecular weight excluding hydrogens is 250 g/mol. The molecule has 0 aliphatic rings. The van der Waals surface area contributed by atoms with E-state index >= 15 is 0 Å². The average molecular weight is 277 g/mol. The highest BCUT2D eigenvalue weighted by Crippen LogP contribution is 2.17. The van der Waals surface area contributed by atoms with Gasteiger partial charge >= 0.3 is 0 Å². The molecule has 0 saturated carbocycles. The second kappa shape index (κ2) is 8.46. The van der Waals surface area contributed by atoms with Gasteiger partial charge in [0.05, 0.1) is 6.54 Å². The minimum Gasteiger partial charge on any atom is -0.489 e. The number of ether oxygens (including phenoxy) is 1. The van der Waals surface area contributed by atoms with Gasteiger partial charge in [0.1, 0.15) is 11.9 Å². The summed E-state index contributed by atoms with van der Waals surface area (Å²) in [7, 11) is 0. The molecule has 0 aliphatic heterocycles. The lowest BCUT2D eigenvalue weighted by Crippen LogP contribution is -2.41. The molecule has 0 aliphatic carbocycles. The third kappa shape index (κ3) is 5.95. The fraction of sp³-hybridized carbons (Fsp3) is 0.562. The molecule has 2 N–H and O–H groups in total. The van der Waals surface area contributed by atoms with E-state index in [0.29, 0.717) is 12.6 Å². The molecule has 0 heterocycles. The number of nitrogens with one attached hydrogen (secondary N) is 2. The van der Waals surface area contributed by atoms with Gasteiger partial charge in [-0.25, -0.2) is 4.99 Å². The predicted octanol–water partition coefficient (Wildman–Crippen LogP) is 2.73. The summed E-state index contributed by atoms with van der Waals surface area (Å²) >= 11 is 0. The fourth-order valence-corrected chi connectivity index (χ4v) is 1.76. The van der Waals surface area contributed by atoms with Crippen LogP contribution in [-0.2, 0) is 0 Å². The maximum Gasteiger partial charge on any atom is 0.191 e. The SMILES string of the molecule is CCNC(=NCC(C)Oc1ccccc1C)NC(C)C. The molecule has 0 amide bonds. The summed E-state index contributed by atoms with van der Waals surface area (Å²) in [6, 6.07) is 8.41. The monoisotopic (exact) mass is 277 g/mol. The van der Waals surface area contributed by atoms with E-state index in [4.69, 9.17) is 4.74 Å². The molecule has 112 valence electrons. The third-order valence-corrected chi connectivity index (χ3v) is 2.70. The Hall–Kier alpha value is -1.71. The highest BCUT2D eigenvalue weighted by atomic mass is 16.5. The van der Waals surface area contributed by atoms with Crippen molar-refractivity contribution in [3.63, 3.8) is 0 Å². The highest BCUT2D eigenvalue weighted by Gasteiger charge is 2.06. The number of aliphatic imine (C=N–C) groups is 1. The van der Waals surface area contributed by atoms with Crippen LogP contribution in [0.15, 0.2) is 29.3 Å². The van der Waals surface area contributed by atoms with Crippen molar-refractivity contribution in [2.75, 3.05) is 13.1 Å². The van der Waals surface area contributed by atoms with Gasteiger partial charge in [0, 0.05) is 12.6 Å². The van der Waals surface area contributed by atoms with Crippen LogP contribution in [0.25, 0.3) is 0 Å². The zero-order chi connectivity index (χ0) is 15.0. The van der Waals surface area contributed by atoms with Crippen LogP contribution in [0.5, 0.6) is 5.75 Å². The molecule has 4 nitrogen and oxygen atoms in total. The Labute approximate surface area is 122 Å². The van der Waals surface area contributed by atoms with E-state index in [1.165, 1.54) is 0 Å². The van der Waals surface area contributed by atoms with E-state index in [-0.39, 0.29) is 6.10 Å². The summed E-state index contributed by atoms with van der Waals surface area (Å²) in [5, 5.41) is 6.52. The Morgan fingerprint density at radius 1 is 1.25 bits per heavy atom. The van der Waals surface area contributed by atoms with Crippen molar-refractivity contribution in [3.05, 3.63) is 29.8 Å². The molecule has 1 aromatic carbocycles. The highest BCUT2D eigenvalue weighted by molar-refractivity contribution is 5.79. The van der Waals surface area contributed by atoms with Crippen molar-refractivity contribution in [1.29, 1.82) is 0 Å². The minimum absolute atomic E-state index is 0.0405. The molecule has 1 unspecified atom stereocenters. The van der Waals surface area contributed by atoms with Gasteiger partial charge in [-0.3, -0.25) is 0 Å². The minimum atomic E-state index is 0.0405. The molecule has 0 bridgehead atoms. The van der Waals surface area contributed by atoms with Crippen molar-refractivity contribution < 1.29 is 4.74 Å². The lowest BCUT2D eigenvalue weighted by atomic mass is 10.2. The first-order chi connectivity index (χ1) is 9.52. The van der Waals surface area contributed by atoms with Gasteiger partial charge in [-0.15, -0.1) is 0 Å². The maximum atomic E-state index is 5.92. The third-order valence-electron chi connectivity index (χ3n) is 2.70. The molecule has 1 rings (SSSR count). The number of hydrogen-bond acceptors (Lipinski definition) is 2. The van der Waals surface area contributed by atoms with E-state index in [9.17, 15) is 0 Å². The number of aryl methyl sites for hydroxylation is 1. The molecule has 0 radical (unpaired) electrons. The molecule has 1 aromatic rings. The zero-order valence-electron chi connectivity index (χ0n) is 13.2. The van der Waals surface area contributed by atoms with Crippen molar-refractivity contribution in [3.8, 4) is 5.75 Å². The lowest BCUT2D eigenvalue weighted by molar-refractivity contribution is 0.228. The topological polar surface area (TPSA) is 45.7 Å². The molecule has 0 fully saturated rings. The summed E-state index contributed by atoms with van der Waals surface area (Å²) < 4.78 is 5.92. The number of rotatable bonds is 6. The van der Waals surface area contributed by atoms with Crippen LogP contribution in [0, 0.1) is 6.92 Å². The summed E-state index contributed by atoms with van der Waals surface area (Å²) in [6.45, 7) is 11.8. The fourth-order valence-electron chi connectivity index (χ4n) is 1.76. The molecule has 0 spiro atoms. The molecule has 0 aromatic heterocycles. The second-order valence-corrected chi connectivity index (χ2v) is 5.21. The Kier molecular flexibility index (Phi) is 6.91. The van der Waals surface area contributed by atoms with Gasteiger partial charge in [0.25, 0.3) is 0 Å². The largest absolute Gasteiger partial charge is 0.489 e. The van der Waals surface area contributed by atoms with Crippen LogP contribution in [-0.4, -0.2) is 31.2 Å². The summed E-state index contributed by atoms with van der Waals surface area (Å²) in [5.41, 5.74) is 1.15. The van der Waals surface area contributed by atoms with Gasteiger partial charge in [0.15, 0.2) is 5.96 Å². The lowest BCUT2D eigenvalue weighted by Gasteiger charge is -2.17. The van der Waals surface area contributed by atoms with E-state index in [1.54, 1.807) is 0 Å².